The van der Waals surface area contributed by atoms with Crippen molar-refractivity contribution in [2.75, 3.05) is 42.9 Å². The first-order chi connectivity index (χ1) is 18.6. The van der Waals surface area contributed by atoms with Crippen molar-refractivity contribution in [3.05, 3.63) is 85.3 Å². The minimum atomic E-state index is -0.378. The van der Waals surface area contributed by atoms with E-state index in [9.17, 15) is 0 Å². The Kier molecular flexibility index (Phi) is 7.75. The summed E-state index contributed by atoms with van der Waals surface area (Å²) in [5, 5.41) is 4.15. The molecular formula is C31H33FN6. The molecule has 1 aliphatic rings. The second-order valence-electron chi connectivity index (χ2n) is 9.33. The lowest BCUT2D eigenvalue weighted by Gasteiger charge is -2.35. The van der Waals surface area contributed by atoms with Gasteiger partial charge in [0.25, 0.3) is 0 Å². The molecule has 38 heavy (non-hydrogen) atoms. The second kappa shape index (κ2) is 11.5. The molecule has 6 nitrogen and oxygen atoms in total. The van der Waals surface area contributed by atoms with Crippen LogP contribution in [0.2, 0.25) is 0 Å². The minimum absolute atomic E-state index is 0.292. The first-order valence-electron chi connectivity index (χ1n) is 13.2. The van der Waals surface area contributed by atoms with Gasteiger partial charge in [-0.05, 0) is 49.4 Å². The molecule has 3 aromatic carbocycles. The summed E-state index contributed by atoms with van der Waals surface area (Å²) in [4.78, 5) is 18.6. The van der Waals surface area contributed by atoms with Gasteiger partial charge in [0.15, 0.2) is 5.82 Å². The SMILES string of the molecule is C=CC(CC)=Nc1cccc(-c2cccc3cnc(Nc4ccc(N5CCN(CC)CC5)cc4)nc23)c1F. The normalized spacial score (nSPS) is 14.6. The Labute approximate surface area is 223 Å². The molecule has 0 atom stereocenters. The van der Waals surface area contributed by atoms with Gasteiger partial charge in [-0.2, -0.15) is 0 Å². The highest BCUT2D eigenvalue weighted by molar-refractivity contribution is 5.97. The molecule has 4 aromatic rings. The number of rotatable bonds is 8. The maximum atomic E-state index is 15.6. The fourth-order valence-corrected chi connectivity index (χ4v) is 4.78. The summed E-state index contributed by atoms with van der Waals surface area (Å²) >= 11 is 0. The van der Waals surface area contributed by atoms with Crippen LogP contribution in [0.1, 0.15) is 20.3 Å². The van der Waals surface area contributed by atoms with E-state index in [0.29, 0.717) is 34.7 Å². The van der Waals surface area contributed by atoms with Gasteiger partial charge < -0.3 is 15.1 Å². The van der Waals surface area contributed by atoms with E-state index in [2.05, 4.69) is 50.7 Å². The zero-order valence-corrected chi connectivity index (χ0v) is 22.0. The van der Waals surface area contributed by atoms with Gasteiger partial charge in [0.05, 0.1) is 11.2 Å². The molecule has 194 valence electrons. The number of aromatic nitrogens is 2. The molecule has 0 spiro atoms. The number of likely N-dealkylation sites (N-methyl/N-ethyl adjacent to an activating group) is 1. The van der Waals surface area contributed by atoms with Gasteiger partial charge in [-0.3, -0.25) is 4.99 Å². The van der Waals surface area contributed by atoms with Crippen LogP contribution in [0, 0.1) is 5.82 Å². The number of anilines is 3. The number of hydrogen-bond donors (Lipinski definition) is 1. The largest absolute Gasteiger partial charge is 0.369 e. The highest BCUT2D eigenvalue weighted by atomic mass is 19.1. The number of nitrogens with zero attached hydrogens (tertiary/aromatic N) is 5. The summed E-state index contributed by atoms with van der Waals surface area (Å²) in [7, 11) is 0. The fraction of sp³-hybridized carbons (Fsp3) is 0.258. The molecule has 7 heteroatoms. The van der Waals surface area contributed by atoms with Gasteiger partial charge in [0, 0.05) is 66.0 Å². The van der Waals surface area contributed by atoms with E-state index in [0.717, 1.165) is 49.5 Å². The van der Waals surface area contributed by atoms with Crippen LogP contribution in [-0.4, -0.2) is 53.3 Å². The Bertz CT molecular complexity index is 1460. The van der Waals surface area contributed by atoms with E-state index in [1.807, 2.05) is 43.3 Å². The Balaban J connectivity index is 1.41. The lowest BCUT2D eigenvalue weighted by atomic mass is 10.0. The number of para-hydroxylation sites is 1. The monoisotopic (exact) mass is 508 g/mol. The average Bonchev–Trinajstić information content (AvgIpc) is 2.97. The summed E-state index contributed by atoms with van der Waals surface area (Å²) < 4.78 is 15.6. The van der Waals surface area contributed by atoms with Crippen LogP contribution in [0.3, 0.4) is 0 Å². The van der Waals surface area contributed by atoms with Gasteiger partial charge in [-0.1, -0.05) is 50.8 Å². The van der Waals surface area contributed by atoms with E-state index in [1.54, 1.807) is 24.4 Å². The van der Waals surface area contributed by atoms with Crippen molar-refractivity contribution in [3.63, 3.8) is 0 Å². The van der Waals surface area contributed by atoms with Crippen molar-refractivity contribution in [1.82, 2.24) is 14.9 Å². The molecule has 1 aliphatic heterocycles. The summed E-state index contributed by atoms with van der Waals surface area (Å²) in [6.45, 7) is 13.3. The molecule has 0 amide bonds. The third-order valence-corrected chi connectivity index (χ3v) is 7.05. The van der Waals surface area contributed by atoms with Gasteiger partial charge in [0.1, 0.15) is 0 Å². The Morgan fingerprint density at radius 2 is 1.74 bits per heavy atom. The van der Waals surface area contributed by atoms with E-state index >= 15 is 4.39 Å². The summed E-state index contributed by atoms with van der Waals surface area (Å²) in [5.74, 6) is 0.0834. The van der Waals surface area contributed by atoms with Gasteiger partial charge >= 0.3 is 0 Å². The highest BCUT2D eigenvalue weighted by Gasteiger charge is 2.16. The smallest absolute Gasteiger partial charge is 0.227 e. The number of benzene rings is 3. The van der Waals surface area contributed by atoms with Gasteiger partial charge in [0.2, 0.25) is 5.95 Å². The molecular weight excluding hydrogens is 475 g/mol. The summed E-state index contributed by atoms with van der Waals surface area (Å²) in [5.41, 5.74) is 4.97. The van der Waals surface area contributed by atoms with Crippen LogP contribution < -0.4 is 10.2 Å². The lowest BCUT2D eigenvalue weighted by molar-refractivity contribution is 0.271. The predicted molar refractivity (Wildman–Crippen MR) is 157 cm³/mol. The van der Waals surface area contributed by atoms with Crippen LogP contribution in [0.4, 0.5) is 27.4 Å². The number of aliphatic imine (C=N–C) groups is 1. The Morgan fingerprint density at radius 1 is 1.00 bits per heavy atom. The van der Waals surface area contributed by atoms with Crippen LogP contribution in [0.15, 0.2) is 84.5 Å². The lowest BCUT2D eigenvalue weighted by Crippen LogP contribution is -2.46. The molecule has 0 radical (unpaired) electrons. The zero-order chi connectivity index (χ0) is 26.5. The van der Waals surface area contributed by atoms with E-state index < -0.39 is 0 Å². The topological polar surface area (TPSA) is 56.7 Å². The summed E-state index contributed by atoms with van der Waals surface area (Å²) in [6.07, 6.45) is 4.11. The number of halogens is 1. The fourth-order valence-electron chi connectivity index (χ4n) is 4.78. The zero-order valence-electron chi connectivity index (χ0n) is 22.0. The number of allylic oxidation sites excluding steroid dienone is 1. The van der Waals surface area contributed by atoms with Crippen molar-refractivity contribution >= 4 is 39.6 Å². The molecule has 0 bridgehead atoms. The number of piperazine rings is 1. The van der Waals surface area contributed by atoms with Crippen LogP contribution in [0.5, 0.6) is 0 Å². The quantitative estimate of drug-likeness (QED) is 0.260. The Hall–Kier alpha value is -4.10. The third-order valence-electron chi connectivity index (χ3n) is 7.05. The maximum Gasteiger partial charge on any atom is 0.227 e. The number of hydrogen-bond acceptors (Lipinski definition) is 6. The first-order valence-corrected chi connectivity index (χ1v) is 13.2. The second-order valence-corrected chi connectivity index (χ2v) is 9.33. The standard InChI is InChI=1S/C31H33FN6/c1-4-23(5-2)34-28-12-8-10-26(29(28)32)27-11-7-9-22-21-33-31(36-30(22)27)35-24-13-15-25(16-14-24)38-19-17-37(6-3)18-20-38/h4,7-16,21H,1,5-6,17-20H2,2-3H3,(H,33,35,36). The molecule has 0 unspecified atom stereocenters. The van der Waals surface area contributed by atoms with Crippen molar-refractivity contribution in [2.45, 2.75) is 20.3 Å². The minimum Gasteiger partial charge on any atom is -0.369 e. The third kappa shape index (κ3) is 5.43. The van der Waals surface area contributed by atoms with E-state index in [-0.39, 0.29) is 5.82 Å². The Morgan fingerprint density at radius 3 is 2.45 bits per heavy atom. The van der Waals surface area contributed by atoms with Gasteiger partial charge in [-0.15, -0.1) is 0 Å². The number of fused-ring (bicyclic) bond motifs is 1. The molecule has 0 saturated carbocycles. The van der Waals surface area contributed by atoms with Crippen LogP contribution >= 0.6 is 0 Å². The highest BCUT2D eigenvalue weighted by Crippen LogP contribution is 2.34. The molecule has 1 fully saturated rings. The van der Waals surface area contributed by atoms with E-state index in [1.165, 1.54) is 5.69 Å². The van der Waals surface area contributed by atoms with Crippen molar-refractivity contribution in [3.8, 4) is 11.1 Å². The maximum absolute atomic E-state index is 15.6. The average molecular weight is 509 g/mol. The predicted octanol–water partition coefficient (Wildman–Crippen LogP) is 6.99. The first kappa shape index (κ1) is 25.5. The van der Waals surface area contributed by atoms with Crippen molar-refractivity contribution in [1.29, 1.82) is 0 Å². The van der Waals surface area contributed by atoms with Crippen LogP contribution in [-0.2, 0) is 0 Å². The van der Waals surface area contributed by atoms with Crippen molar-refractivity contribution in [2.24, 2.45) is 4.99 Å². The molecule has 1 N–H and O–H groups in total. The molecule has 1 aromatic heterocycles. The number of nitrogens with one attached hydrogen (secondary N) is 1. The van der Waals surface area contributed by atoms with Crippen molar-refractivity contribution < 1.29 is 4.39 Å². The molecule has 5 rings (SSSR count). The summed E-state index contributed by atoms with van der Waals surface area (Å²) in [6, 6.07) is 19.3. The molecule has 2 heterocycles. The van der Waals surface area contributed by atoms with Crippen LogP contribution in [0.25, 0.3) is 22.0 Å². The van der Waals surface area contributed by atoms with E-state index in [4.69, 9.17) is 4.98 Å². The van der Waals surface area contributed by atoms with Gasteiger partial charge in [-0.25, -0.2) is 14.4 Å². The molecule has 1 saturated heterocycles. The molecule has 0 aliphatic carbocycles.